The third kappa shape index (κ3) is 21.8. The third-order valence-corrected chi connectivity index (χ3v) is 17.6. The van der Waals surface area contributed by atoms with Crippen molar-refractivity contribution in [2.75, 3.05) is 114 Å². The van der Waals surface area contributed by atoms with Crippen LogP contribution in [0.1, 0.15) is 127 Å². The van der Waals surface area contributed by atoms with Crippen molar-refractivity contribution in [3.8, 4) is 11.4 Å². The third-order valence-electron chi connectivity index (χ3n) is 17.6. The van der Waals surface area contributed by atoms with Crippen LogP contribution in [0, 0.1) is 5.92 Å². The van der Waals surface area contributed by atoms with Gasteiger partial charge < -0.3 is 84.2 Å². The Kier molecular flexibility index (Phi) is 30.4. The molecule has 0 radical (unpaired) electrons. The number of pyridine rings is 2. The Morgan fingerprint density at radius 1 is 0.680 bits per heavy atom. The second-order valence-electron chi connectivity index (χ2n) is 25.3. The first-order chi connectivity index (χ1) is 47.6. The number of likely N-dealkylation sites (tertiary alicyclic amines) is 1. The Labute approximate surface area is 579 Å². The lowest BCUT2D eigenvalue weighted by molar-refractivity contribution is -0.191. The number of nitrogens with one attached hydrogen (secondary N) is 4. The summed E-state index contributed by atoms with van der Waals surface area (Å²) in [5.41, 5.74) is 1.49. The number of nitrogens with zero attached hydrogens (tertiary/aromatic N) is 7. The average Bonchev–Trinajstić information content (AvgIpc) is 1.48. The number of aromatic nitrogens is 2. The monoisotopic (exact) mass is 1400 g/mol. The molecule has 2 aromatic heterocycles. The van der Waals surface area contributed by atoms with Crippen molar-refractivity contribution in [2.45, 2.75) is 148 Å². The van der Waals surface area contributed by atoms with Gasteiger partial charge in [0, 0.05) is 90.0 Å². The first-order valence-corrected chi connectivity index (χ1v) is 33.8. The number of rotatable bonds is 41. The molecule has 1 unspecified atom stereocenters. The fraction of sp³-hybridized carbons (Fsp3) is 0.603. The van der Waals surface area contributed by atoms with Crippen LogP contribution >= 0.6 is 0 Å². The van der Waals surface area contributed by atoms with E-state index in [9.17, 15) is 72.2 Å². The number of amides is 9. The number of ether oxygens (including phenoxy) is 5. The Hall–Kier alpha value is -9.43. The number of aryl methyl sites for hydroxylation is 1. The van der Waals surface area contributed by atoms with Crippen LogP contribution in [0.25, 0.3) is 22.3 Å². The number of carbonyl (C=O) groups is 13. The van der Waals surface area contributed by atoms with E-state index in [-0.39, 0.29) is 159 Å². The van der Waals surface area contributed by atoms with Crippen molar-refractivity contribution in [1.29, 1.82) is 0 Å². The lowest BCUT2D eigenvalue weighted by Crippen LogP contribution is -2.57. The maximum Gasteiger partial charge on any atom is 0.355 e. The molecule has 0 aliphatic carbocycles. The van der Waals surface area contributed by atoms with Gasteiger partial charge in [0.1, 0.15) is 31.3 Å². The highest BCUT2D eigenvalue weighted by molar-refractivity contribution is 5.97. The molecular weight excluding hydrogens is 1310 g/mol. The van der Waals surface area contributed by atoms with E-state index in [1.54, 1.807) is 31.4 Å². The number of esters is 2. The van der Waals surface area contributed by atoms with E-state index in [1.165, 1.54) is 38.0 Å². The van der Waals surface area contributed by atoms with Crippen LogP contribution in [-0.2, 0) is 111 Å². The molecule has 32 heteroatoms. The number of benzene rings is 1. The second-order valence-corrected chi connectivity index (χ2v) is 25.3. The van der Waals surface area contributed by atoms with Gasteiger partial charge in [-0.3, -0.25) is 57.5 Å². The minimum Gasteiger partial charge on any atom is -0.481 e. The molecule has 1 aromatic carbocycles. The van der Waals surface area contributed by atoms with Crippen molar-refractivity contribution in [3.63, 3.8) is 0 Å². The summed E-state index contributed by atoms with van der Waals surface area (Å²) in [4.78, 5) is 192. The van der Waals surface area contributed by atoms with Gasteiger partial charge in [-0.2, -0.15) is 0 Å². The molecule has 3 aliphatic heterocycles. The normalized spacial score (nSPS) is 15.7. The molecule has 3 aliphatic rings. The first kappa shape index (κ1) is 79.6. The van der Waals surface area contributed by atoms with E-state index in [4.69, 9.17) is 33.8 Å². The number of carboxylic acid groups (broad SMARTS) is 2. The fourth-order valence-electron chi connectivity index (χ4n) is 11.9. The van der Waals surface area contributed by atoms with Gasteiger partial charge in [-0.05, 0) is 68.6 Å². The Morgan fingerprint density at radius 3 is 1.90 bits per heavy atom. The van der Waals surface area contributed by atoms with Gasteiger partial charge in [0.2, 0.25) is 58.8 Å². The molecule has 1 fully saturated rings. The van der Waals surface area contributed by atoms with Crippen LogP contribution in [0.2, 0.25) is 0 Å². The van der Waals surface area contributed by atoms with Gasteiger partial charge in [-0.1, -0.05) is 52.3 Å². The maximum atomic E-state index is 14.4. The summed E-state index contributed by atoms with van der Waals surface area (Å²) in [6.45, 7) is 6.77. The number of hydrogen-bond donors (Lipinski definition) is 6. The van der Waals surface area contributed by atoms with Crippen molar-refractivity contribution < 1.29 is 96.2 Å². The number of cyclic esters (lactones) is 1. The number of carboxylic acids is 2. The molecule has 0 saturated carbocycles. The molecule has 548 valence electrons. The van der Waals surface area contributed by atoms with Crippen LogP contribution in [0.15, 0.2) is 35.1 Å². The van der Waals surface area contributed by atoms with Crippen LogP contribution in [-0.4, -0.2) is 253 Å². The van der Waals surface area contributed by atoms with Gasteiger partial charge in [0.15, 0.2) is 0 Å². The molecule has 0 spiro atoms. The summed E-state index contributed by atoms with van der Waals surface area (Å²) in [5.74, 6) is -9.81. The number of likely N-dealkylation sites (N-methyl/N-ethyl adjacent to an activating group) is 4. The topological polar surface area (TPSA) is 408 Å². The zero-order chi connectivity index (χ0) is 73.4. The lowest BCUT2D eigenvalue weighted by atomic mass is 9.85. The fourth-order valence-corrected chi connectivity index (χ4v) is 11.9. The zero-order valence-electron chi connectivity index (χ0n) is 58.3. The van der Waals surface area contributed by atoms with Crippen LogP contribution < -0.4 is 26.8 Å². The van der Waals surface area contributed by atoms with Crippen LogP contribution in [0.4, 0.5) is 0 Å². The molecule has 6 rings (SSSR count). The van der Waals surface area contributed by atoms with Gasteiger partial charge in [0.05, 0.1) is 94.7 Å². The zero-order valence-corrected chi connectivity index (χ0v) is 58.3. The highest BCUT2D eigenvalue weighted by Gasteiger charge is 2.52. The number of fused-ring (bicyclic) bond motifs is 5. The molecule has 3 aromatic rings. The van der Waals surface area contributed by atoms with Crippen molar-refractivity contribution in [2.24, 2.45) is 5.92 Å². The minimum atomic E-state index is -2.08. The van der Waals surface area contributed by atoms with Crippen LogP contribution in [0.5, 0.6) is 0 Å². The maximum absolute atomic E-state index is 14.4. The van der Waals surface area contributed by atoms with Crippen LogP contribution in [0.3, 0.4) is 0 Å². The number of unbranched alkanes of at least 4 members (excludes halogenated alkanes) is 2. The molecule has 1 saturated heterocycles. The van der Waals surface area contributed by atoms with Gasteiger partial charge in [0.25, 0.3) is 5.56 Å². The van der Waals surface area contributed by atoms with Crippen molar-refractivity contribution >= 4 is 87.9 Å². The number of aliphatic carboxylic acids is 2. The van der Waals surface area contributed by atoms with Gasteiger partial charge in [-0.25, -0.2) is 14.6 Å². The highest BCUT2D eigenvalue weighted by Crippen LogP contribution is 2.42. The largest absolute Gasteiger partial charge is 0.481 e. The standard InChI is InChI=1S/C68H95N11O21/c1-9-43-44-18-13-14-19-48(44)72-62-45(43)36-79-51(62)34-47-46(64(79)92)41-99-67(95)68(47,10-2)100-66(94)61(42(3)4)73-63(91)50-20-17-27-78(50)65(93)49(35-59(87)88)71-54(82)24-28-96-30-32-98-33-31-97-29-26-70-52(80)21-12-11-15-25-69-53(81)22-16-23-55(83)74(5)37-56(84)75(6)38-57(85)76(7)39-58(86)77(8)40-60(89)90/h13-14,18-19,34,42,49-50,61H,9-12,15-17,20-33,35-41H2,1-8H3,(H,69,81)(H,70,80)(H,71,82)(H,73,91)(H,87,88)(H,89,90)/t49?,50-,61-,68-/m0/s1. The SMILES string of the molecule is CCc1c2c(nc3ccccc13)-c1cc3c(c(=O)n1C2)COC(=O)[C@@]3(CC)OC(=O)[C@@H](NC(=O)[C@@H]1CCCN1C(=O)C(CC(=O)O)NC(=O)CCOCCOCCOCCNC(=O)CCCCCNC(=O)CCCC(=O)N(C)CC(=O)N(C)CC(=O)N(C)CC(=O)N(C)CC(=O)O)C(C)C. The van der Waals surface area contributed by atoms with E-state index in [1.807, 2.05) is 31.2 Å². The summed E-state index contributed by atoms with van der Waals surface area (Å²) in [7, 11) is 5.44. The molecule has 5 heterocycles. The molecular formula is C68H95N11O21. The van der Waals surface area contributed by atoms with E-state index >= 15 is 0 Å². The van der Waals surface area contributed by atoms with E-state index < -0.39 is 107 Å². The number of carbonyl (C=O) groups excluding carboxylic acids is 11. The van der Waals surface area contributed by atoms with E-state index in [0.29, 0.717) is 50.0 Å². The summed E-state index contributed by atoms with van der Waals surface area (Å²) in [6, 6.07) is 5.26. The Morgan fingerprint density at radius 2 is 1.28 bits per heavy atom. The van der Waals surface area contributed by atoms with E-state index in [0.717, 1.165) is 36.7 Å². The molecule has 0 bridgehead atoms. The summed E-state index contributed by atoms with van der Waals surface area (Å²) in [5, 5.41) is 30.3. The number of para-hydroxylation sites is 1. The number of hydrogen-bond acceptors (Lipinski definition) is 20. The molecule has 4 atom stereocenters. The Bertz CT molecular complexity index is 3560. The smallest absolute Gasteiger partial charge is 0.355 e. The van der Waals surface area contributed by atoms with Gasteiger partial charge >= 0.3 is 23.9 Å². The Balaban J connectivity index is 0.811. The highest BCUT2D eigenvalue weighted by atomic mass is 16.6. The molecule has 6 N–H and O–H groups in total. The molecule has 9 amide bonds. The van der Waals surface area contributed by atoms with Crippen molar-refractivity contribution in [3.05, 3.63) is 62.9 Å². The summed E-state index contributed by atoms with van der Waals surface area (Å²) < 4.78 is 29.9. The summed E-state index contributed by atoms with van der Waals surface area (Å²) >= 11 is 0. The molecule has 32 nitrogen and oxygen atoms in total. The lowest BCUT2D eigenvalue weighted by Gasteiger charge is -2.37. The predicted molar refractivity (Wildman–Crippen MR) is 357 cm³/mol. The van der Waals surface area contributed by atoms with E-state index in [2.05, 4.69) is 21.3 Å². The van der Waals surface area contributed by atoms with Gasteiger partial charge in [-0.15, -0.1) is 0 Å². The van der Waals surface area contributed by atoms with Crippen molar-refractivity contribution in [1.82, 2.24) is 55.3 Å². The quantitative estimate of drug-likeness (QED) is 0.0262. The first-order valence-electron chi connectivity index (χ1n) is 33.8. The minimum absolute atomic E-state index is 0.00965. The second kappa shape index (κ2) is 38.2. The summed E-state index contributed by atoms with van der Waals surface area (Å²) in [6.07, 6.45) is 2.53. The molecule has 100 heavy (non-hydrogen) atoms. The average molecular weight is 1400 g/mol. The predicted octanol–water partition coefficient (Wildman–Crippen LogP) is 0.605.